The minimum atomic E-state index is -1.01. The predicted molar refractivity (Wildman–Crippen MR) is 123 cm³/mol. The van der Waals surface area contributed by atoms with Crippen LogP contribution in [0.25, 0.3) is 0 Å². The lowest BCUT2D eigenvalue weighted by Crippen LogP contribution is -2.23. The zero-order chi connectivity index (χ0) is 23.6. The van der Waals surface area contributed by atoms with Crippen LogP contribution in [0.5, 0.6) is 0 Å². The van der Waals surface area contributed by atoms with Crippen molar-refractivity contribution in [1.82, 2.24) is 9.80 Å². The van der Waals surface area contributed by atoms with Crippen LogP contribution in [0, 0.1) is 5.92 Å². The Kier molecular flexibility index (Phi) is 16.6. The van der Waals surface area contributed by atoms with Crippen LogP contribution in [-0.2, 0) is 19.2 Å². The van der Waals surface area contributed by atoms with Crippen LogP contribution in [0.15, 0.2) is 0 Å². The van der Waals surface area contributed by atoms with Gasteiger partial charge < -0.3 is 14.9 Å². The van der Waals surface area contributed by atoms with Gasteiger partial charge in [-0.25, -0.2) is 0 Å². The summed E-state index contributed by atoms with van der Waals surface area (Å²) in [5.74, 6) is -1.75. The third-order valence-corrected chi connectivity index (χ3v) is 5.63. The second-order valence-corrected chi connectivity index (χ2v) is 8.86. The fraction of sp³-hybridized carbons (Fsp3) is 0.833. The maximum Gasteiger partial charge on any atom is 0.314 e. The van der Waals surface area contributed by atoms with Gasteiger partial charge in [0.2, 0.25) is 11.8 Å². The van der Waals surface area contributed by atoms with Gasteiger partial charge in [-0.05, 0) is 25.7 Å². The topological polar surface area (TPSA) is 95.0 Å². The molecule has 0 spiro atoms. The molecule has 0 aromatic heterocycles. The van der Waals surface area contributed by atoms with E-state index < -0.39 is 11.9 Å². The number of amides is 2. The van der Waals surface area contributed by atoms with Crippen LogP contribution in [0.4, 0.5) is 0 Å². The van der Waals surface area contributed by atoms with E-state index in [9.17, 15) is 24.3 Å². The molecular formula is C24H44N2O5. The van der Waals surface area contributed by atoms with E-state index in [4.69, 9.17) is 0 Å². The summed E-state index contributed by atoms with van der Waals surface area (Å²) in [6, 6.07) is 0. The molecule has 0 saturated heterocycles. The van der Waals surface area contributed by atoms with Crippen LogP contribution in [0.1, 0.15) is 96.3 Å². The van der Waals surface area contributed by atoms with Crippen LogP contribution in [-0.4, -0.2) is 66.7 Å². The van der Waals surface area contributed by atoms with Crippen LogP contribution >= 0.6 is 0 Å². The highest BCUT2D eigenvalue weighted by Gasteiger charge is 2.24. The number of unbranched alkanes of at least 4 members (excludes halogenated alkanes) is 9. The van der Waals surface area contributed by atoms with Crippen molar-refractivity contribution in [2.75, 3.05) is 28.2 Å². The molecule has 31 heavy (non-hydrogen) atoms. The zero-order valence-electron chi connectivity index (χ0n) is 20.2. The second kappa shape index (κ2) is 17.7. The summed E-state index contributed by atoms with van der Waals surface area (Å²) in [7, 11) is 7.03. The molecule has 180 valence electrons. The zero-order valence-corrected chi connectivity index (χ0v) is 20.2. The van der Waals surface area contributed by atoms with Gasteiger partial charge in [-0.1, -0.05) is 51.4 Å². The first-order chi connectivity index (χ1) is 14.7. The lowest BCUT2D eigenvalue weighted by atomic mass is 9.93. The lowest BCUT2D eigenvalue weighted by Gasteiger charge is -2.12. The van der Waals surface area contributed by atoms with Crippen molar-refractivity contribution >= 4 is 23.6 Å². The first-order valence-corrected chi connectivity index (χ1v) is 11.8. The number of rotatable bonds is 19. The summed E-state index contributed by atoms with van der Waals surface area (Å²) < 4.78 is 0. The number of hydrogen-bond acceptors (Lipinski definition) is 4. The standard InChI is InChI=1S/C24H44N2O5/c1-25(2)22(28)18-14-10-6-5-9-13-17-21(27)20(24(30)31)16-12-8-7-11-15-19-23(29)26(3)4/h20H,5-19H2,1-4H3,(H,30,31). The average molecular weight is 441 g/mol. The van der Waals surface area contributed by atoms with E-state index in [0.29, 0.717) is 25.7 Å². The Bertz CT molecular complexity index is 546. The number of hydrogen-bond donors (Lipinski definition) is 1. The Morgan fingerprint density at radius 3 is 1.32 bits per heavy atom. The molecule has 7 heteroatoms. The van der Waals surface area contributed by atoms with E-state index >= 15 is 0 Å². The summed E-state index contributed by atoms with van der Waals surface area (Å²) in [6.07, 6.45) is 11.9. The molecule has 0 aliphatic heterocycles. The van der Waals surface area contributed by atoms with Crippen molar-refractivity contribution in [1.29, 1.82) is 0 Å². The Labute approximate surface area is 188 Å². The first-order valence-electron chi connectivity index (χ1n) is 11.8. The van der Waals surface area contributed by atoms with E-state index in [1.54, 1.807) is 38.0 Å². The van der Waals surface area contributed by atoms with Crippen molar-refractivity contribution in [3.05, 3.63) is 0 Å². The fourth-order valence-electron chi connectivity index (χ4n) is 3.48. The Balaban J connectivity index is 3.82. The number of nitrogens with zero attached hydrogens (tertiary/aromatic N) is 2. The smallest absolute Gasteiger partial charge is 0.314 e. The summed E-state index contributed by atoms with van der Waals surface area (Å²) in [5, 5.41) is 9.39. The Morgan fingerprint density at radius 1 is 0.581 bits per heavy atom. The Morgan fingerprint density at radius 2 is 0.935 bits per heavy atom. The fourth-order valence-corrected chi connectivity index (χ4v) is 3.48. The Hall–Kier alpha value is -1.92. The van der Waals surface area contributed by atoms with E-state index in [0.717, 1.165) is 70.6 Å². The predicted octanol–water partition coefficient (Wildman–Crippen LogP) is 4.28. The van der Waals surface area contributed by atoms with Crippen molar-refractivity contribution in [3.63, 3.8) is 0 Å². The van der Waals surface area contributed by atoms with Crippen LogP contribution < -0.4 is 0 Å². The molecule has 0 aliphatic carbocycles. The third-order valence-electron chi connectivity index (χ3n) is 5.63. The monoisotopic (exact) mass is 440 g/mol. The van der Waals surface area contributed by atoms with Gasteiger partial charge >= 0.3 is 5.97 Å². The first kappa shape index (κ1) is 29.1. The molecule has 1 atom stereocenters. The molecular weight excluding hydrogens is 396 g/mol. The quantitative estimate of drug-likeness (QED) is 0.239. The number of Topliss-reactive ketones (excluding diaryl/α,β-unsaturated/α-hetero) is 1. The molecule has 0 aromatic rings. The lowest BCUT2D eigenvalue weighted by molar-refractivity contribution is -0.146. The number of carboxylic acids is 1. The van der Waals surface area contributed by atoms with Crippen molar-refractivity contribution < 1.29 is 24.3 Å². The van der Waals surface area contributed by atoms with E-state index in [2.05, 4.69) is 0 Å². The minimum absolute atomic E-state index is 0.135. The number of ketones is 1. The highest BCUT2D eigenvalue weighted by molar-refractivity contribution is 5.98. The van der Waals surface area contributed by atoms with E-state index in [1.165, 1.54) is 0 Å². The molecule has 1 N–H and O–H groups in total. The number of aliphatic carboxylic acids is 1. The van der Waals surface area contributed by atoms with E-state index in [-0.39, 0.29) is 17.6 Å². The minimum Gasteiger partial charge on any atom is -0.481 e. The molecule has 0 rings (SSSR count). The van der Waals surface area contributed by atoms with Gasteiger partial charge in [0.05, 0.1) is 0 Å². The van der Waals surface area contributed by atoms with Crippen molar-refractivity contribution in [2.24, 2.45) is 5.92 Å². The van der Waals surface area contributed by atoms with Gasteiger partial charge in [-0.15, -0.1) is 0 Å². The molecule has 0 fully saturated rings. The van der Waals surface area contributed by atoms with Crippen molar-refractivity contribution in [3.8, 4) is 0 Å². The van der Waals surface area contributed by atoms with Gasteiger partial charge in [0.25, 0.3) is 0 Å². The molecule has 0 aliphatic rings. The molecule has 0 bridgehead atoms. The van der Waals surface area contributed by atoms with E-state index in [1.807, 2.05) is 0 Å². The molecule has 2 amide bonds. The maximum absolute atomic E-state index is 12.3. The molecule has 0 aromatic carbocycles. The molecule has 7 nitrogen and oxygen atoms in total. The molecule has 1 unspecified atom stereocenters. The number of carbonyl (C=O) groups is 4. The van der Waals surface area contributed by atoms with Crippen LogP contribution in [0.2, 0.25) is 0 Å². The van der Waals surface area contributed by atoms with Gasteiger partial charge in [0, 0.05) is 47.5 Å². The summed E-state index contributed by atoms with van der Waals surface area (Å²) in [4.78, 5) is 50.0. The number of carbonyl (C=O) groups excluding carboxylic acids is 3. The highest BCUT2D eigenvalue weighted by atomic mass is 16.4. The normalized spacial score (nSPS) is 11.7. The van der Waals surface area contributed by atoms with Gasteiger partial charge in [0.1, 0.15) is 11.7 Å². The summed E-state index contributed by atoms with van der Waals surface area (Å²) >= 11 is 0. The molecule has 0 heterocycles. The SMILES string of the molecule is CN(C)C(=O)CCCCCCCCC(=O)C(CCCCCCCC(=O)N(C)C)C(=O)O. The molecule has 0 saturated carbocycles. The average Bonchev–Trinajstić information content (AvgIpc) is 2.70. The number of carboxylic acid groups (broad SMARTS) is 1. The van der Waals surface area contributed by atoms with Gasteiger partial charge in [-0.3, -0.25) is 19.2 Å². The largest absolute Gasteiger partial charge is 0.481 e. The van der Waals surface area contributed by atoms with Gasteiger partial charge in [0.15, 0.2) is 0 Å². The van der Waals surface area contributed by atoms with Crippen molar-refractivity contribution in [2.45, 2.75) is 96.3 Å². The third kappa shape index (κ3) is 15.5. The summed E-state index contributed by atoms with van der Waals surface area (Å²) in [6.45, 7) is 0. The second-order valence-electron chi connectivity index (χ2n) is 8.86. The molecule has 0 radical (unpaired) electrons. The maximum atomic E-state index is 12.3. The van der Waals surface area contributed by atoms with Crippen LogP contribution in [0.3, 0.4) is 0 Å². The highest BCUT2D eigenvalue weighted by Crippen LogP contribution is 2.17. The summed E-state index contributed by atoms with van der Waals surface area (Å²) in [5.41, 5.74) is 0. The van der Waals surface area contributed by atoms with Gasteiger partial charge in [-0.2, -0.15) is 0 Å².